The van der Waals surface area contributed by atoms with Gasteiger partial charge in [0.05, 0.1) is 0 Å². The standard InChI is InChI=1S/C12H10F2N2O/c1-16-6-5-15-11(16)12(13,14)10-4-2-3-9(7-10)8-17/h2-8H,1H3. The molecule has 5 heteroatoms. The van der Waals surface area contributed by atoms with Crippen LogP contribution in [-0.2, 0) is 13.0 Å². The molecule has 88 valence electrons. The van der Waals surface area contributed by atoms with Gasteiger partial charge in [0.1, 0.15) is 6.29 Å². The van der Waals surface area contributed by atoms with Crippen LogP contribution in [-0.4, -0.2) is 15.8 Å². The molecule has 0 atom stereocenters. The minimum absolute atomic E-state index is 0.219. The number of hydrogen-bond acceptors (Lipinski definition) is 2. The van der Waals surface area contributed by atoms with Crippen molar-refractivity contribution in [1.82, 2.24) is 9.55 Å². The van der Waals surface area contributed by atoms with Gasteiger partial charge in [0.25, 0.3) is 0 Å². The molecule has 0 aliphatic carbocycles. The SMILES string of the molecule is Cn1ccnc1C(F)(F)c1cccc(C=O)c1. The Morgan fingerprint density at radius 1 is 1.41 bits per heavy atom. The molecule has 3 nitrogen and oxygen atoms in total. The summed E-state index contributed by atoms with van der Waals surface area (Å²) in [5.74, 6) is -3.56. The van der Waals surface area contributed by atoms with E-state index in [1.165, 1.54) is 48.3 Å². The summed E-state index contributed by atoms with van der Waals surface area (Å²) in [6.45, 7) is 0. The molecule has 0 saturated carbocycles. The highest BCUT2D eigenvalue weighted by molar-refractivity contribution is 5.75. The van der Waals surface area contributed by atoms with Gasteiger partial charge in [0.2, 0.25) is 0 Å². The second-order valence-corrected chi connectivity index (χ2v) is 3.68. The highest BCUT2D eigenvalue weighted by Gasteiger charge is 2.38. The second-order valence-electron chi connectivity index (χ2n) is 3.68. The minimum Gasteiger partial charge on any atom is -0.333 e. The molecule has 0 unspecified atom stereocenters. The molecule has 1 heterocycles. The van der Waals surface area contributed by atoms with Crippen molar-refractivity contribution in [2.24, 2.45) is 7.05 Å². The number of imidazole rings is 1. The van der Waals surface area contributed by atoms with Crippen molar-refractivity contribution in [2.75, 3.05) is 0 Å². The molecule has 0 aliphatic heterocycles. The van der Waals surface area contributed by atoms with Gasteiger partial charge in [0.15, 0.2) is 5.82 Å². The fourth-order valence-electron chi connectivity index (χ4n) is 1.60. The van der Waals surface area contributed by atoms with E-state index in [9.17, 15) is 13.6 Å². The number of aryl methyl sites for hydroxylation is 1. The molecule has 1 aromatic carbocycles. The van der Waals surface area contributed by atoms with Crippen molar-refractivity contribution in [1.29, 1.82) is 0 Å². The molecule has 17 heavy (non-hydrogen) atoms. The first-order valence-corrected chi connectivity index (χ1v) is 4.97. The Morgan fingerprint density at radius 2 is 2.18 bits per heavy atom. The number of halogens is 2. The molecule has 0 bridgehead atoms. The first-order valence-electron chi connectivity index (χ1n) is 4.97. The fourth-order valence-corrected chi connectivity index (χ4v) is 1.60. The lowest BCUT2D eigenvalue weighted by Crippen LogP contribution is -2.20. The predicted octanol–water partition coefficient (Wildman–Crippen LogP) is 2.37. The summed E-state index contributed by atoms with van der Waals surface area (Å²) in [6, 6.07) is 5.35. The number of hydrogen-bond donors (Lipinski definition) is 0. The third kappa shape index (κ3) is 1.95. The lowest BCUT2D eigenvalue weighted by Gasteiger charge is -2.16. The van der Waals surface area contributed by atoms with E-state index in [1.807, 2.05) is 0 Å². The van der Waals surface area contributed by atoms with Crippen LogP contribution in [0.25, 0.3) is 0 Å². The maximum atomic E-state index is 14.1. The van der Waals surface area contributed by atoms with Gasteiger partial charge in [-0.3, -0.25) is 4.79 Å². The van der Waals surface area contributed by atoms with Gasteiger partial charge in [-0.05, 0) is 6.07 Å². The first-order chi connectivity index (χ1) is 8.05. The van der Waals surface area contributed by atoms with Crippen molar-refractivity contribution in [3.8, 4) is 0 Å². The van der Waals surface area contributed by atoms with E-state index >= 15 is 0 Å². The Bertz CT molecular complexity index is 549. The van der Waals surface area contributed by atoms with Crippen molar-refractivity contribution in [2.45, 2.75) is 5.92 Å². The molecule has 1 aromatic heterocycles. The Morgan fingerprint density at radius 3 is 2.76 bits per heavy atom. The quantitative estimate of drug-likeness (QED) is 0.767. The Balaban J connectivity index is 2.51. The summed E-state index contributed by atoms with van der Waals surface area (Å²) in [7, 11) is 1.50. The highest BCUT2D eigenvalue weighted by Crippen LogP contribution is 2.34. The van der Waals surface area contributed by atoms with Crippen LogP contribution < -0.4 is 0 Å². The number of carbonyl (C=O) groups excluding carboxylic acids is 1. The topological polar surface area (TPSA) is 34.9 Å². The minimum atomic E-state index is -3.21. The van der Waals surface area contributed by atoms with Gasteiger partial charge in [-0.15, -0.1) is 0 Å². The van der Waals surface area contributed by atoms with Crippen molar-refractivity contribution in [3.05, 3.63) is 53.6 Å². The Labute approximate surface area is 96.7 Å². The summed E-state index contributed by atoms with van der Waals surface area (Å²) in [4.78, 5) is 14.2. The van der Waals surface area contributed by atoms with Crippen LogP contribution in [0, 0.1) is 0 Å². The van der Waals surface area contributed by atoms with Crippen LogP contribution in [0.1, 0.15) is 21.7 Å². The van der Waals surface area contributed by atoms with Crippen LogP contribution in [0.3, 0.4) is 0 Å². The van der Waals surface area contributed by atoms with Crippen LogP contribution in [0.4, 0.5) is 8.78 Å². The third-order valence-corrected chi connectivity index (χ3v) is 2.49. The summed E-state index contributed by atoms with van der Waals surface area (Å²) >= 11 is 0. The van der Waals surface area contributed by atoms with E-state index in [4.69, 9.17) is 0 Å². The molecule has 0 aliphatic rings. The molecule has 0 N–H and O–H groups in total. The molecule has 0 amide bonds. The van der Waals surface area contributed by atoms with Gasteiger partial charge < -0.3 is 4.57 Å². The van der Waals surface area contributed by atoms with Gasteiger partial charge in [0, 0.05) is 30.6 Å². The maximum Gasteiger partial charge on any atom is 0.330 e. The predicted molar refractivity (Wildman–Crippen MR) is 58.0 cm³/mol. The number of alkyl halides is 2. The van der Waals surface area contributed by atoms with Gasteiger partial charge in [-0.1, -0.05) is 18.2 Å². The van der Waals surface area contributed by atoms with Gasteiger partial charge in [-0.2, -0.15) is 8.78 Å². The molecule has 2 rings (SSSR count). The summed E-state index contributed by atoms with van der Waals surface area (Å²) in [5, 5.41) is 0. The van der Waals surface area contributed by atoms with E-state index in [0.29, 0.717) is 6.29 Å². The van der Waals surface area contributed by atoms with Crippen molar-refractivity contribution >= 4 is 6.29 Å². The molecule has 0 saturated heterocycles. The maximum absolute atomic E-state index is 14.1. The molecule has 0 spiro atoms. The van der Waals surface area contributed by atoms with Crippen LogP contribution in [0.5, 0.6) is 0 Å². The number of carbonyl (C=O) groups is 1. The van der Waals surface area contributed by atoms with Gasteiger partial charge >= 0.3 is 5.92 Å². The molecule has 2 aromatic rings. The first kappa shape index (κ1) is 11.4. The Kier molecular flexibility index (Phi) is 2.75. The van der Waals surface area contributed by atoms with E-state index < -0.39 is 5.92 Å². The summed E-state index contributed by atoms with van der Waals surface area (Å²) in [5.41, 5.74) is -0.0206. The number of nitrogens with zero attached hydrogens (tertiary/aromatic N) is 2. The lowest BCUT2D eigenvalue weighted by molar-refractivity contribution is 0.0300. The molecule has 0 fully saturated rings. The average Bonchev–Trinajstić information content (AvgIpc) is 2.76. The molecule has 0 radical (unpaired) electrons. The zero-order valence-electron chi connectivity index (χ0n) is 9.10. The van der Waals surface area contributed by atoms with Crippen LogP contribution >= 0.6 is 0 Å². The van der Waals surface area contributed by atoms with E-state index in [2.05, 4.69) is 4.98 Å². The normalized spacial score (nSPS) is 11.5. The zero-order valence-corrected chi connectivity index (χ0v) is 9.10. The zero-order chi connectivity index (χ0) is 12.5. The fraction of sp³-hybridized carbons (Fsp3) is 0.167. The number of rotatable bonds is 3. The van der Waals surface area contributed by atoms with Gasteiger partial charge in [-0.25, -0.2) is 4.98 Å². The number of aromatic nitrogens is 2. The van der Waals surface area contributed by atoms with Crippen molar-refractivity contribution < 1.29 is 13.6 Å². The average molecular weight is 236 g/mol. The Hall–Kier alpha value is -2.04. The number of aldehydes is 1. The third-order valence-electron chi connectivity index (χ3n) is 2.49. The molecular formula is C12H10F2N2O. The highest BCUT2D eigenvalue weighted by atomic mass is 19.3. The largest absolute Gasteiger partial charge is 0.333 e. The summed E-state index contributed by atoms with van der Waals surface area (Å²) < 4.78 is 29.5. The monoisotopic (exact) mass is 236 g/mol. The molecular weight excluding hydrogens is 226 g/mol. The van der Waals surface area contributed by atoms with E-state index in [1.54, 1.807) is 0 Å². The summed E-state index contributed by atoms with van der Waals surface area (Å²) in [6.07, 6.45) is 3.30. The van der Waals surface area contributed by atoms with Crippen molar-refractivity contribution in [3.63, 3.8) is 0 Å². The van der Waals surface area contributed by atoms with Crippen LogP contribution in [0.15, 0.2) is 36.7 Å². The lowest BCUT2D eigenvalue weighted by atomic mass is 10.1. The smallest absolute Gasteiger partial charge is 0.330 e. The van der Waals surface area contributed by atoms with Crippen LogP contribution in [0.2, 0.25) is 0 Å². The van der Waals surface area contributed by atoms with E-state index in [0.717, 1.165) is 0 Å². The second kappa shape index (κ2) is 4.08. The van der Waals surface area contributed by atoms with E-state index in [-0.39, 0.29) is 17.0 Å². The number of benzene rings is 1.